The van der Waals surface area contributed by atoms with E-state index in [1.807, 2.05) is 45.0 Å². The quantitative estimate of drug-likeness (QED) is 0.853. The average Bonchev–Trinajstić information content (AvgIpc) is 2.84. The Balaban J connectivity index is 1.91. The molecular formula is C18H27ClN2O2. The maximum absolute atomic E-state index is 12.0. The molecule has 3 atom stereocenters. The molecule has 1 amide bonds. The smallest absolute Gasteiger partial charge is 0.407 e. The summed E-state index contributed by atoms with van der Waals surface area (Å²) < 4.78 is 5.36. The highest BCUT2D eigenvalue weighted by Crippen LogP contribution is 2.24. The van der Waals surface area contributed by atoms with E-state index in [4.69, 9.17) is 16.3 Å². The van der Waals surface area contributed by atoms with Crippen LogP contribution >= 0.6 is 11.6 Å². The van der Waals surface area contributed by atoms with Gasteiger partial charge in [-0.3, -0.25) is 0 Å². The van der Waals surface area contributed by atoms with E-state index in [1.54, 1.807) is 0 Å². The summed E-state index contributed by atoms with van der Waals surface area (Å²) in [5, 5.41) is 7.37. The molecule has 1 saturated carbocycles. The lowest BCUT2D eigenvalue weighted by molar-refractivity contribution is 0.0497. The number of ether oxygens (including phenoxy) is 1. The van der Waals surface area contributed by atoms with Crippen LogP contribution in [0, 0.1) is 0 Å². The maximum Gasteiger partial charge on any atom is 0.407 e. The van der Waals surface area contributed by atoms with Gasteiger partial charge in [-0.1, -0.05) is 23.7 Å². The van der Waals surface area contributed by atoms with Crippen LogP contribution in [-0.4, -0.2) is 23.8 Å². The Morgan fingerprint density at radius 1 is 1.22 bits per heavy atom. The minimum Gasteiger partial charge on any atom is -0.444 e. The minimum absolute atomic E-state index is 0.111. The SMILES string of the molecule is CC(NC1CCCC1NC(=O)OC(C)(C)C)c1ccc(Cl)cc1. The highest BCUT2D eigenvalue weighted by atomic mass is 35.5. The lowest BCUT2D eigenvalue weighted by Crippen LogP contribution is -2.48. The van der Waals surface area contributed by atoms with Gasteiger partial charge in [0, 0.05) is 23.1 Å². The van der Waals surface area contributed by atoms with Crippen molar-refractivity contribution in [3.63, 3.8) is 0 Å². The Kier molecular flexibility index (Phi) is 5.93. The Hall–Kier alpha value is -1.26. The van der Waals surface area contributed by atoms with E-state index in [0.717, 1.165) is 24.3 Å². The first-order valence-corrected chi connectivity index (χ1v) is 8.63. The van der Waals surface area contributed by atoms with Crippen LogP contribution in [0.2, 0.25) is 5.02 Å². The standard InChI is InChI=1S/C18H27ClN2O2/c1-12(13-8-10-14(19)11-9-13)20-15-6-5-7-16(15)21-17(22)23-18(2,3)4/h8-12,15-16,20H,5-7H2,1-4H3,(H,21,22). The van der Waals surface area contributed by atoms with E-state index in [9.17, 15) is 4.79 Å². The van der Waals surface area contributed by atoms with Crippen molar-refractivity contribution in [2.45, 2.75) is 70.7 Å². The summed E-state index contributed by atoms with van der Waals surface area (Å²) in [5.41, 5.74) is 0.722. The molecule has 0 aromatic heterocycles. The highest BCUT2D eigenvalue weighted by molar-refractivity contribution is 6.30. The number of nitrogens with one attached hydrogen (secondary N) is 2. The lowest BCUT2D eigenvalue weighted by Gasteiger charge is -2.27. The summed E-state index contributed by atoms with van der Waals surface area (Å²) in [7, 11) is 0. The Morgan fingerprint density at radius 2 is 1.83 bits per heavy atom. The number of hydrogen-bond donors (Lipinski definition) is 2. The number of carbonyl (C=O) groups excluding carboxylic acids is 1. The summed E-state index contributed by atoms with van der Waals surface area (Å²) in [6.45, 7) is 7.75. The van der Waals surface area contributed by atoms with Crippen LogP contribution in [0.4, 0.5) is 4.79 Å². The first kappa shape index (κ1) is 18.1. The molecule has 0 bridgehead atoms. The monoisotopic (exact) mass is 338 g/mol. The molecule has 1 aromatic rings. The fraction of sp³-hybridized carbons (Fsp3) is 0.611. The molecule has 1 aliphatic carbocycles. The second kappa shape index (κ2) is 7.54. The van der Waals surface area contributed by atoms with Crippen molar-refractivity contribution in [1.82, 2.24) is 10.6 Å². The van der Waals surface area contributed by atoms with E-state index in [1.165, 1.54) is 5.56 Å². The van der Waals surface area contributed by atoms with E-state index >= 15 is 0 Å². The number of halogens is 1. The van der Waals surface area contributed by atoms with Crippen LogP contribution in [0.1, 0.15) is 58.6 Å². The van der Waals surface area contributed by atoms with Crippen LogP contribution in [0.15, 0.2) is 24.3 Å². The van der Waals surface area contributed by atoms with Gasteiger partial charge in [0.2, 0.25) is 0 Å². The van der Waals surface area contributed by atoms with Crippen molar-refractivity contribution in [1.29, 1.82) is 0 Å². The highest BCUT2D eigenvalue weighted by Gasteiger charge is 2.31. The molecule has 4 nitrogen and oxygen atoms in total. The van der Waals surface area contributed by atoms with E-state index in [2.05, 4.69) is 17.6 Å². The second-order valence-electron chi connectivity index (χ2n) is 7.23. The molecule has 1 aromatic carbocycles. The normalized spacial score (nSPS) is 22.7. The van der Waals surface area contributed by atoms with Crippen LogP contribution < -0.4 is 10.6 Å². The molecule has 0 aliphatic heterocycles. The molecule has 128 valence electrons. The van der Waals surface area contributed by atoms with Crippen LogP contribution in [-0.2, 0) is 4.74 Å². The molecule has 3 unspecified atom stereocenters. The number of carbonyl (C=O) groups is 1. The Labute approximate surface area is 143 Å². The van der Waals surface area contributed by atoms with Gasteiger partial charge >= 0.3 is 6.09 Å². The van der Waals surface area contributed by atoms with Gasteiger partial charge in [-0.15, -0.1) is 0 Å². The van der Waals surface area contributed by atoms with Gasteiger partial charge in [0.15, 0.2) is 0 Å². The molecular weight excluding hydrogens is 312 g/mol. The zero-order valence-corrected chi connectivity index (χ0v) is 15.1. The number of rotatable bonds is 4. The van der Waals surface area contributed by atoms with E-state index in [0.29, 0.717) is 0 Å². The predicted octanol–water partition coefficient (Wildman–Crippen LogP) is 4.44. The van der Waals surface area contributed by atoms with Gasteiger partial charge in [0.05, 0.1) is 0 Å². The zero-order chi connectivity index (χ0) is 17.0. The van der Waals surface area contributed by atoms with Gasteiger partial charge in [-0.2, -0.15) is 0 Å². The van der Waals surface area contributed by atoms with Crippen molar-refractivity contribution >= 4 is 17.7 Å². The van der Waals surface area contributed by atoms with Crippen molar-refractivity contribution in [3.8, 4) is 0 Å². The molecule has 0 heterocycles. The van der Waals surface area contributed by atoms with Crippen molar-refractivity contribution < 1.29 is 9.53 Å². The number of alkyl carbamates (subject to hydrolysis) is 1. The molecule has 23 heavy (non-hydrogen) atoms. The molecule has 0 saturated heterocycles. The molecule has 0 radical (unpaired) electrons. The van der Waals surface area contributed by atoms with Gasteiger partial charge in [-0.25, -0.2) is 4.79 Å². The minimum atomic E-state index is -0.470. The van der Waals surface area contributed by atoms with E-state index in [-0.39, 0.29) is 24.2 Å². The average molecular weight is 339 g/mol. The molecule has 5 heteroatoms. The molecule has 2 N–H and O–H groups in total. The summed E-state index contributed by atoms with van der Waals surface area (Å²) in [6.07, 6.45) is 2.80. The van der Waals surface area contributed by atoms with Gasteiger partial charge in [0.25, 0.3) is 0 Å². The fourth-order valence-electron chi connectivity index (χ4n) is 2.96. The van der Waals surface area contributed by atoms with E-state index < -0.39 is 5.60 Å². The largest absolute Gasteiger partial charge is 0.444 e. The predicted molar refractivity (Wildman–Crippen MR) is 93.8 cm³/mol. The molecule has 0 spiro atoms. The number of hydrogen-bond acceptors (Lipinski definition) is 3. The first-order chi connectivity index (χ1) is 10.7. The van der Waals surface area contributed by atoms with Crippen molar-refractivity contribution in [3.05, 3.63) is 34.9 Å². The van der Waals surface area contributed by atoms with Crippen LogP contribution in [0.25, 0.3) is 0 Å². The third-order valence-corrected chi connectivity index (χ3v) is 4.30. The molecule has 1 aliphatic rings. The van der Waals surface area contributed by atoms with Gasteiger partial charge < -0.3 is 15.4 Å². The third-order valence-electron chi connectivity index (χ3n) is 4.05. The van der Waals surface area contributed by atoms with Gasteiger partial charge in [0.1, 0.15) is 5.60 Å². The zero-order valence-electron chi connectivity index (χ0n) is 14.4. The molecule has 2 rings (SSSR count). The summed E-state index contributed by atoms with van der Waals surface area (Å²) in [5.74, 6) is 0. The summed E-state index contributed by atoms with van der Waals surface area (Å²) >= 11 is 5.94. The van der Waals surface area contributed by atoms with Crippen LogP contribution in [0.5, 0.6) is 0 Å². The summed E-state index contributed by atoms with van der Waals surface area (Å²) in [4.78, 5) is 12.0. The number of amides is 1. The van der Waals surface area contributed by atoms with Crippen molar-refractivity contribution in [2.75, 3.05) is 0 Å². The topological polar surface area (TPSA) is 50.4 Å². The fourth-order valence-corrected chi connectivity index (χ4v) is 3.09. The Bertz CT molecular complexity index is 525. The van der Waals surface area contributed by atoms with Crippen molar-refractivity contribution in [2.24, 2.45) is 0 Å². The Morgan fingerprint density at radius 3 is 2.43 bits per heavy atom. The molecule has 1 fully saturated rings. The lowest BCUT2D eigenvalue weighted by atomic mass is 10.1. The maximum atomic E-state index is 12.0. The van der Waals surface area contributed by atoms with Gasteiger partial charge in [-0.05, 0) is 64.7 Å². The summed E-state index contributed by atoms with van der Waals surface area (Å²) in [6, 6.07) is 8.45. The third kappa shape index (κ3) is 5.70. The second-order valence-corrected chi connectivity index (χ2v) is 7.67. The van der Waals surface area contributed by atoms with Crippen LogP contribution in [0.3, 0.4) is 0 Å². The number of benzene rings is 1. The first-order valence-electron chi connectivity index (χ1n) is 8.25.